The van der Waals surface area contributed by atoms with Crippen molar-refractivity contribution in [3.05, 3.63) is 70.5 Å². The lowest BCUT2D eigenvalue weighted by Crippen LogP contribution is -1.96. The third kappa shape index (κ3) is 2.09. The average molecular weight is 268 g/mol. The Balaban J connectivity index is 2.33. The van der Waals surface area contributed by atoms with E-state index < -0.39 is 10.7 Å². The lowest BCUT2D eigenvalue weighted by Gasteiger charge is -2.05. The number of benzene rings is 2. The van der Waals surface area contributed by atoms with Crippen LogP contribution in [0.15, 0.2) is 54.6 Å². The van der Waals surface area contributed by atoms with Crippen molar-refractivity contribution in [2.75, 3.05) is 0 Å². The zero-order chi connectivity index (χ0) is 14.1. The maximum Gasteiger partial charge on any atom is 0.296 e. The molecular formula is C15H9FN2O2. The summed E-state index contributed by atoms with van der Waals surface area (Å²) in [7, 11) is 0. The van der Waals surface area contributed by atoms with Gasteiger partial charge in [-0.25, -0.2) is 9.37 Å². The molecule has 1 aromatic heterocycles. The van der Waals surface area contributed by atoms with Gasteiger partial charge in [0.15, 0.2) is 0 Å². The van der Waals surface area contributed by atoms with Crippen LogP contribution in [0, 0.1) is 15.9 Å². The molecule has 98 valence electrons. The maximum atomic E-state index is 13.3. The Morgan fingerprint density at radius 3 is 2.50 bits per heavy atom. The van der Waals surface area contributed by atoms with E-state index in [4.69, 9.17) is 0 Å². The van der Waals surface area contributed by atoms with Gasteiger partial charge in [-0.15, -0.1) is 0 Å². The van der Waals surface area contributed by atoms with Crippen molar-refractivity contribution < 1.29 is 9.31 Å². The first-order valence-electron chi connectivity index (χ1n) is 5.95. The van der Waals surface area contributed by atoms with Gasteiger partial charge in [0.25, 0.3) is 5.69 Å². The first-order valence-corrected chi connectivity index (χ1v) is 5.95. The van der Waals surface area contributed by atoms with Crippen LogP contribution >= 0.6 is 0 Å². The second-order valence-electron chi connectivity index (χ2n) is 4.32. The molecule has 0 unspecified atom stereocenters. The fourth-order valence-corrected chi connectivity index (χ4v) is 2.08. The standard InChI is InChI=1S/C15H9FN2O2/c16-12-7-6-11-8-14(18(19)20)15(17-13(11)9-12)10-4-2-1-3-5-10/h1-9H. The molecule has 2 aromatic carbocycles. The van der Waals surface area contributed by atoms with Crippen LogP contribution in [0.1, 0.15) is 0 Å². The molecule has 0 bridgehead atoms. The van der Waals surface area contributed by atoms with Crippen molar-refractivity contribution in [3.63, 3.8) is 0 Å². The van der Waals surface area contributed by atoms with E-state index in [1.165, 1.54) is 24.3 Å². The summed E-state index contributed by atoms with van der Waals surface area (Å²) in [5, 5.41) is 11.7. The van der Waals surface area contributed by atoms with Crippen LogP contribution < -0.4 is 0 Å². The molecule has 0 atom stereocenters. The normalized spacial score (nSPS) is 10.7. The molecule has 20 heavy (non-hydrogen) atoms. The fraction of sp³-hybridized carbons (Fsp3) is 0. The molecule has 0 spiro atoms. The second-order valence-corrected chi connectivity index (χ2v) is 4.32. The Labute approximate surface area is 113 Å². The predicted octanol–water partition coefficient (Wildman–Crippen LogP) is 3.95. The van der Waals surface area contributed by atoms with Gasteiger partial charge in [0.1, 0.15) is 11.5 Å². The van der Waals surface area contributed by atoms with E-state index in [1.807, 2.05) is 6.07 Å². The number of halogens is 1. The molecule has 0 saturated carbocycles. The lowest BCUT2D eigenvalue weighted by molar-refractivity contribution is -0.384. The van der Waals surface area contributed by atoms with Crippen LogP contribution in [0.25, 0.3) is 22.2 Å². The summed E-state index contributed by atoms with van der Waals surface area (Å²) < 4.78 is 13.3. The molecule has 5 heteroatoms. The number of nitrogens with zero attached hydrogens (tertiary/aromatic N) is 2. The largest absolute Gasteiger partial charge is 0.296 e. The molecule has 3 aromatic rings. The zero-order valence-electron chi connectivity index (χ0n) is 10.3. The topological polar surface area (TPSA) is 56.0 Å². The molecule has 0 aliphatic rings. The third-order valence-electron chi connectivity index (χ3n) is 3.00. The van der Waals surface area contributed by atoms with Gasteiger partial charge in [-0.1, -0.05) is 30.3 Å². The third-order valence-corrected chi connectivity index (χ3v) is 3.00. The SMILES string of the molecule is O=[N+]([O-])c1cc2ccc(F)cc2nc1-c1ccccc1. The number of nitro groups is 1. The van der Waals surface area contributed by atoms with Crippen molar-refractivity contribution in [1.82, 2.24) is 4.98 Å². The number of hydrogen-bond acceptors (Lipinski definition) is 3. The van der Waals surface area contributed by atoms with Crippen LogP contribution in [0.4, 0.5) is 10.1 Å². The molecule has 0 saturated heterocycles. The highest BCUT2D eigenvalue weighted by Crippen LogP contribution is 2.31. The van der Waals surface area contributed by atoms with Gasteiger partial charge in [-0.3, -0.25) is 10.1 Å². The summed E-state index contributed by atoms with van der Waals surface area (Å²) in [4.78, 5) is 15.0. The first kappa shape index (κ1) is 12.2. The van der Waals surface area contributed by atoms with E-state index in [2.05, 4.69) is 4.98 Å². The molecule has 1 heterocycles. The summed E-state index contributed by atoms with van der Waals surface area (Å²) in [6.45, 7) is 0. The van der Waals surface area contributed by atoms with Crippen LogP contribution in [0.5, 0.6) is 0 Å². The lowest BCUT2D eigenvalue weighted by atomic mass is 10.1. The Hall–Kier alpha value is -2.82. The number of aromatic nitrogens is 1. The number of rotatable bonds is 2. The highest BCUT2D eigenvalue weighted by atomic mass is 19.1. The van der Waals surface area contributed by atoms with Gasteiger partial charge < -0.3 is 0 Å². The van der Waals surface area contributed by atoms with Crippen LogP contribution in [0.2, 0.25) is 0 Å². The molecule has 0 fully saturated rings. The second kappa shape index (κ2) is 4.70. The van der Waals surface area contributed by atoms with E-state index in [0.29, 0.717) is 16.5 Å². The van der Waals surface area contributed by atoms with Crippen molar-refractivity contribution in [2.45, 2.75) is 0 Å². The Morgan fingerprint density at radius 2 is 1.80 bits per heavy atom. The molecule has 0 aliphatic heterocycles. The summed E-state index contributed by atoms with van der Waals surface area (Å²) in [5.74, 6) is -0.419. The summed E-state index contributed by atoms with van der Waals surface area (Å²) in [6, 6.07) is 14.3. The van der Waals surface area contributed by atoms with Gasteiger partial charge in [0.2, 0.25) is 0 Å². The Bertz CT molecular complexity index is 804. The highest BCUT2D eigenvalue weighted by Gasteiger charge is 2.18. The highest BCUT2D eigenvalue weighted by molar-refractivity contribution is 5.86. The molecule has 0 amide bonds. The minimum absolute atomic E-state index is 0.0877. The molecule has 3 rings (SSSR count). The summed E-state index contributed by atoms with van der Waals surface area (Å²) in [6.07, 6.45) is 0. The molecule has 0 aliphatic carbocycles. The monoisotopic (exact) mass is 268 g/mol. The minimum Gasteiger partial charge on any atom is -0.258 e. The van der Waals surface area contributed by atoms with Gasteiger partial charge in [0, 0.05) is 23.1 Å². The Morgan fingerprint density at radius 1 is 1.05 bits per heavy atom. The van der Waals surface area contributed by atoms with Crippen molar-refractivity contribution in [3.8, 4) is 11.3 Å². The average Bonchev–Trinajstić information content (AvgIpc) is 2.46. The summed E-state index contributed by atoms with van der Waals surface area (Å²) in [5.41, 5.74) is 1.18. The summed E-state index contributed by atoms with van der Waals surface area (Å²) >= 11 is 0. The Kier molecular flexibility index (Phi) is 2.87. The van der Waals surface area contributed by atoms with E-state index >= 15 is 0 Å². The van der Waals surface area contributed by atoms with Gasteiger partial charge in [-0.2, -0.15) is 0 Å². The van der Waals surface area contributed by atoms with Gasteiger partial charge in [-0.05, 0) is 12.1 Å². The van der Waals surface area contributed by atoms with Crippen LogP contribution in [-0.4, -0.2) is 9.91 Å². The first-order chi connectivity index (χ1) is 9.65. The van der Waals surface area contributed by atoms with Gasteiger partial charge in [0.05, 0.1) is 10.4 Å². The van der Waals surface area contributed by atoms with Crippen LogP contribution in [0.3, 0.4) is 0 Å². The van der Waals surface area contributed by atoms with Gasteiger partial charge >= 0.3 is 0 Å². The molecule has 0 radical (unpaired) electrons. The number of fused-ring (bicyclic) bond motifs is 1. The van der Waals surface area contributed by atoms with Crippen molar-refractivity contribution in [1.29, 1.82) is 0 Å². The fourth-order valence-electron chi connectivity index (χ4n) is 2.08. The maximum absolute atomic E-state index is 13.3. The van der Waals surface area contributed by atoms with E-state index in [0.717, 1.165) is 0 Å². The van der Waals surface area contributed by atoms with E-state index in [-0.39, 0.29) is 11.4 Å². The quantitative estimate of drug-likeness (QED) is 0.522. The predicted molar refractivity (Wildman–Crippen MR) is 73.8 cm³/mol. The van der Waals surface area contributed by atoms with Crippen molar-refractivity contribution >= 4 is 16.6 Å². The zero-order valence-corrected chi connectivity index (χ0v) is 10.3. The molecular weight excluding hydrogens is 259 g/mol. The van der Waals surface area contributed by atoms with Crippen LogP contribution in [-0.2, 0) is 0 Å². The number of hydrogen-bond donors (Lipinski definition) is 0. The van der Waals surface area contributed by atoms with E-state index in [9.17, 15) is 14.5 Å². The minimum atomic E-state index is -0.474. The number of pyridine rings is 1. The van der Waals surface area contributed by atoms with E-state index in [1.54, 1.807) is 24.3 Å². The molecule has 4 nitrogen and oxygen atoms in total. The van der Waals surface area contributed by atoms with Crippen molar-refractivity contribution in [2.24, 2.45) is 0 Å². The smallest absolute Gasteiger partial charge is 0.258 e. The molecule has 0 N–H and O–H groups in total.